The second kappa shape index (κ2) is 7.47. The number of aromatic amines is 1. The lowest BCUT2D eigenvalue weighted by Crippen LogP contribution is -2.41. The number of amides is 2. The Labute approximate surface area is 173 Å². The molecule has 1 atom stereocenters. The Bertz CT molecular complexity index is 1170. The fraction of sp³-hybridized carbons (Fsp3) is 0.182. The molecule has 0 aliphatic carbocycles. The molecule has 0 radical (unpaired) electrons. The quantitative estimate of drug-likeness (QED) is 0.539. The molecule has 30 heavy (non-hydrogen) atoms. The van der Waals surface area contributed by atoms with E-state index in [1.54, 1.807) is 11.2 Å². The summed E-state index contributed by atoms with van der Waals surface area (Å²) in [7, 11) is 0. The molecule has 3 heterocycles. The maximum Gasteiger partial charge on any atom is 0.322 e. The van der Waals surface area contributed by atoms with Crippen LogP contribution in [0.3, 0.4) is 0 Å². The van der Waals surface area contributed by atoms with Crippen molar-refractivity contribution in [3.8, 4) is 11.4 Å². The minimum Gasteiger partial charge on any atom is -0.347 e. The summed E-state index contributed by atoms with van der Waals surface area (Å²) in [6, 6.07) is 16.6. The Kier molecular flexibility index (Phi) is 4.51. The molecule has 2 N–H and O–H groups in total. The summed E-state index contributed by atoms with van der Waals surface area (Å²) in [6.45, 7) is 2.40. The van der Waals surface area contributed by atoms with Crippen molar-refractivity contribution < 1.29 is 9.32 Å². The van der Waals surface area contributed by atoms with E-state index >= 15 is 0 Å². The molecule has 2 aromatic heterocycles. The molecule has 1 unspecified atom stereocenters. The monoisotopic (exact) mass is 400 g/mol. The van der Waals surface area contributed by atoms with Crippen molar-refractivity contribution in [2.24, 2.45) is 0 Å². The van der Waals surface area contributed by atoms with Gasteiger partial charge < -0.3 is 19.7 Å². The smallest absolute Gasteiger partial charge is 0.322 e. The summed E-state index contributed by atoms with van der Waals surface area (Å²) >= 11 is 0. The van der Waals surface area contributed by atoms with Gasteiger partial charge in [-0.05, 0) is 19.1 Å². The number of nitrogens with zero attached hydrogens (tertiary/aromatic N) is 4. The summed E-state index contributed by atoms with van der Waals surface area (Å²) in [5.41, 5.74) is 4.56. The first kappa shape index (κ1) is 18.1. The number of urea groups is 1. The van der Waals surface area contributed by atoms with E-state index in [9.17, 15) is 4.79 Å². The molecule has 0 bridgehead atoms. The molecule has 2 amide bonds. The number of aromatic nitrogens is 4. The van der Waals surface area contributed by atoms with Crippen molar-refractivity contribution in [3.05, 3.63) is 83.8 Å². The number of hydrogen-bond donors (Lipinski definition) is 2. The fourth-order valence-electron chi connectivity index (χ4n) is 3.58. The van der Waals surface area contributed by atoms with Gasteiger partial charge >= 0.3 is 6.03 Å². The first-order valence-corrected chi connectivity index (χ1v) is 9.72. The zero-order valence-electron chi connectivity index (χ0n) is 16.4. The van der Waals surface area contributed by atoms with Gasteiger partial charge in [0.1, 0.15) is 6.04 Å². The van der Waals surface area contributed by atoms with Gasteiger partial charge in [-0.25, -0.2) is 9.78 Å². The van der Waals surface area contributed by atoms with Gasteiger partial charge in [-0.15, -0.1) is 0 Å². The molecule has 2 aromatic carbocycles. The van der Waals surface area contributed by atoms with Gasteiger partial charge in [-0.3, -0.25) is 0 Å². The zero-order valence-corrected chi connectivity index (χ0v) is 16.4. The van der Waals surface area contributed by atoms with Gasteiger partial charge in [0.25, 0.3) is 0 Å². The number of aryl methyl sites for hydroxylation is 1. The topological polar surface area (TPSA) is 99.9 Å². The molecule has 0 fully saturated rings. The molecule has 1 aliphatic rings. The van der Waals surface area contributed by atoms with Crippen LogP contribution in [0.15, 0.2) is 65.4 Å². The van der Waals surface area contributed by atoms with Gasteiger partial charge in [0.05, 0.1) is 24.3 Å². The molecule has 8 heteroatoms. The Balaban J connectivity index is 1.45. The number of carbonyl (C=O) groups is 1. The van der Waals surface area contributed by atoms with E-state index in [2.05, 4.69) is 25.4 Å². The van der Waals surface area contributed by atoms with Crippen LogP contribution in [0.25, 0.3) is 11.4 Å². The summed E-state index contributed by atoms with van der Waals surface area (Å²) in [5, 5.41) is 7.08. The highest BCUT2D eigenvalue weighted by Gasteiger charge is 2.36. The summed E-state index contributed by atoms with van der Waals surface area (Å²) in [4.78, 5) is 26.9. The predicted octanol–water partition coefficient (Wildman–Crippen LogP) is 4.10. The molecule has 4 aromatic rings. The van der Waals surface area contributed by atoms with E-state index in [1.165, 1.54) is 0 Å². The van der Waals surface area contributed by atoms with Gasteiger partial charge in [0.2, 0.25) is 11.7 Å². The third-order valence-corrected chi connectivity index (χ3v) is 5.22. The first-order valence-electron chi connectivity index (χ1n) is 9.72. The molecule has 1 aliphatic heterocycles. The number of nitrogens with one attached hydrogen (secondary N) is 2. The number of hydrogen-bond acceptors (Lipinski definition) is 5. The van der Waals surface area contributed by atoms with Crippen LogP contribution in [-0.4, -0.2) is 31.0 Å². The van der Waals surface area contributed by atoms with Crippen LogP contribution in [-0.2, 0) is 13.0 Å². The summed E-state index contributed by atoms with van der Waals surface area (Å²) in [6.07, 6.45) is 2.14. The molecule has 0 saturated heterocycles. The SMILES string of the molecule is Cc1ccc(-c2noc(C3Cc4nc[nH]c4CN3C(=O)Nc3ccccc3)n2)cc1. The van der Waals surface area contributed by atoms with Crippen LogP contribution in [0.2, 0.25) is 0 Å². The third-order valence-electron chi connectivity index (χ3n) is 5.22. The van der Waals surface area contributed by atoms with Crippen LogP contribution in [0.5, 0.6) is 0 Å². The molecule has 0 spiro atoms. The average molecular weight is 400 g/mol. The second-order valence-electron chi connectivity index (χ2n) is 7.29. The van der Waals surface area contributed by atoms with Crippen molar-refractivity contribution in [2.45, 2.75) is 25.9 Å². The van der Waals surface area contributed by atoms with Crippen molar-refractivity contribution >= 4 is 11.7 Å². The number of imidazole rings is 1. The third kappa shape index (κ3) is 3.43. The lowest BCUT2D eigenvalue weighted by atomic mass is 10.0. The Morgan fingerprint density at radius 2 is 1.97 bits per heavy atom. The highest BCUT2D eigenvalue weighted by Crippen LogP contribution is 2.32. The van der Waals surface area contributed by atoms with E-state index < -0.39 is 6.04 Å². The normalized spacial score (nSPS) is 15.6. The van der Waals surface area contributed by atoms with Crippen LogP contribution in [0.1, 0.15) is 28.9 Å². The van der Waals surface area contributed by atoms with E-state index in [0.717, 1.165) is 28.2 Å². The Hall–Kier alpha value is -3.94. The second-order valence-corrected chi connectivity index (χ2v) is 7.29. The van der Waals surface area contributed by atoms with Gasteiger partial charge in [-0.2, -0.15) is 4.98 Å². The molecular formula is C22H20N6O2. The van der Waals surface area contributed by atoms with Gasteiger partial charge in [0.15, 0.2) is 0 Å². The number of anilines is 1. The maximum absolute atomic E-state index is 13.1. The lowest BCUT2D eigenvalue weighted by Gasteiger charge is -2.32. The fourth-order valence-corrected chi connectivity index (χ4v) is 3.58. The summed E-state index contributed by atoms with van der Waals surface area (Å²) in [5.74, 6) is 0.892. The number of fused-ring (bicyclic) bond motifs is 1. The molecular weight excluding hydrogens is 380 g/mol. The minimum atomic E-state index is -0.406. The molecule has 5 rings (SSSR count). The van der Waals surface area contributed by atoms with E-state index in [0.29, 0.717) is 24.7 Å². The average Bonchev–Trinajstić information content (AvgIpc) is 3.43. The number of para-hydroxylation sites is 1. The standard InChI is InChI=1S/C22H20N6O2/c1-14-7-9-15(10-8-14)20-26-21(30-27-20)19-11-17-18(24-13-23-17)12-28(19)22(29)25-16-5-3-2-4-6-16/h2-10,13,19H,11-12H2,1H3,(H,23,24)(H,25,29). The Morgan fingerprint density at radius 1 is 1.17 bits per heavy atom. The van der Waals surface area contributed by atoms with Crippen LogP contribution < -0.4 is 5.32 Å². The molecule has 0 saturated carbocycles. The molecule has 150 valence electrons. The van der Waals surface area contributed by atoms with Crippen LogP contribution in [0, 0.1) is 6.92 Å². The van der Waals surface area contributed by atoms with Gasteiger partial charge in [-0.1, -0.05) is 53.2 Å². The predicted molar refractivity (Wildman–Crippen MR) is 111 cm³/mol. The highest BCUT2D eigenvalue weighted by molar-refractivity contribution is 5.89. The zero-order chi connectivity index (χ0) is 20.5. The van der Waals surface area contributed by atoms with Crippen molar-refractivity contribution in [1.29, 1.82) is 0 Å². The van der Waals surface area contributed by atoms with Crippen LogP contribution >= 0.6 is 0 Å². The number of H-pyrrole nitrogens is 1. The van der Waals surface area contributed by atoms with Gasteiger partial charge in [0, 0.05) is 17.7 Å². The van der Waals surface area contributed by atoms with E-state index in [4.69, 9.17) is 4.52 Å². The number of carbonyl (C=O) groups excluding carboxylic acids is 1. The van der Waals surface area contributed by atoms with E-state index in [-0.39, 0.29) is 6.03 Å². The lowest BCUT2D eigenvalue weighted by molar-refractivity contribution is 0.155. The first-order chi connectivity index (χ1) is 14.7. The molecule has 8 nitrogen and oxygen atoms in total. The van der Waals surface area contributed by atoms with Crippen molar-refractivity contribution in [2.75, 3.05) is 5.32 Å². The Morgan fingerprint density at radius 3 is 2.77 bits per heavy atom. The van der Waals surface area contributed by atoms with Crippen LogP contribution in [0.4, 0.5) is 10.5 Å². The maximum atomic E-state index is 13.1. The largest absolute Gasteiger partial charge is 0.347 e. The van der Waals surface area contributed by atoms with Crippen molar-refractivity contribution in [1.82, 2.24) is 25.0 Å². The summed E-state index contributed by atoms with van der Waals surface area (Å²) < 4.78 is 5.59. The van der Waals surface area contributed by atoms with E-state index in [1.807, 2.05) is 61.5 Å². The number of benzene rings is 2. The van der Waals surface area contributed by atoms with Crippen molar-refractivity contribution in [3.63, 3.8) is 0 Å². The minimum absolute atomic E-state index is 0.235. The number of rotatable bonds is 3. The highest BCUT2D eigenvalue weighted by atomic mass is 16.5.